The maximum Gasteiger partial charge on any atom is 0.285 e. The molecule has 0 atom stereocenters. The van der Waals surface area contributed by atoms with E-state index in [1.165, 1.54) is 16.4 Å². The van der Waals surface area contributed by atoms with Crippen molar-refractivity contribution in [3.63, 3.8) is 0 Å². The fourth-order valence-corrected chi connectivity index (χ4v) is 3.40. The molecule has 3 aromatic rings. The smallest absolute Gasteiger partial charge is 0.285 e. The minimum atomic E-state index is -0.0928. The lowest BCUT2D eigenvalue weighted by atomic mass is 10.3. The van der Waals surface area contributed by atoms with Crippen LogP contribution in [0, 0.1) is 6.92 Å². The molecule has 112 valence electrons. The summed E-state index contributed by atoms with van der Waals surface area (Å²) >= 11 is 13.3. The van der Waals surface area contributed by atoms with E-state index in [1.807, 2.05) is 31.2 Å². The Balaban J connectivity index is 2.00. The third kappa shape index (κ3) is 3.09. The summed E-state index contributed by atoms with van der Waals surface area (Å²) in [6, 6.07) is 14.5. The minimum absolute atomic E-state index is 0.0928. The molecule has 0 saturated heterocycles. The lowest BCUT2D eigenvalue weighted by molar-refractivity contribution is 0.834. The van der Waals surface area contributed by atoms with Crippen molar-refractivity contribution in [2.75, 3.05) is 0 Å². The van der Waals surface area contributed by atoms with E-state index in [1.54, 1.807) is 24.3 Å². The van der Waals surface area contributed by atoms with Crippen molar-refractivity contribution >= 4 is 35.0 Å². The SMILES string of the molecule is Cc1[nH]n(-c2ccc(Cl)cc2)c(=O)c1Sc1cccc(Cl)c1. The van der Waals surface area contributed by atoms with Gasteiger partial charge in [0.05, 0.1) is 10.6 Å². The van der Waals surface area contributed by atoms with E-state index in [2.05, 4.69) is 5.10 Å². The van der Waals surface area contributed by atoms with Gasteiger partial charge in [-0.3, -0.25) is 9.89 Å². The fraction of sp³-hybridized carbons (Fsp3) is 0.0625. The van der Waals surface area contributed by atoms with Gasteiger partial charge in [0.1, 0.15) is 0 Å². The first-order valence-electron chi connectivity index (χ1n) is 6.55. The van der Waals surface area contributed by atoms with Gasteiger partial charge in [-0.1, -0.05) is 41.0 Å². The highest BCUT2D eigenvalue weighted by molar-refractivity contribution is 7.99. The maximum absolute atomic E-state index is 12.6. The van der Waals surface area contributed by atoms with Crippen molar-refractivity contribution in [3.8, 4) is 5.69 Å². The number of benzene rings is 2. The monoisotopic (exact) mass is 350 g/mol. The molecule has 6 heteroatoms. The molecule has 1 N–H and O–H groups in total. The Kier molecular flexibility index (Phi) is 4.34. The van der Waals surface area contributed by atoms with E-state index in [9.17, 15) is 4.79 Å². The molecular weight excluding hydrogens is 339 g/mol. The van der Waals surface area contributed by atoms with Crippen LogP contribution in [-0.2, 0) is 0 Å². The van der Waals surface area contributed by atoms with Gasteiger partial charge >= 0.3 is 0 Å². The van der Waals surface area contributed by atoms with Crippen molar-refractivity contribution in [2.45, 2.75) is 16.7 Å². The largest absolute Gasteiger partial charge is 0.294 e. The first-order chi connectivity index (χ1) is 10.5. The second kappa shape index (κ2) is 6.24. The zero-order chi connectivity index (χ0) is 15.7. The summed E-state index contributed by atoms with van der Waals surface area (Å²) in [7, 11) is 0. The Morgan fingerprint density at radius 2 is 1.77 bits per heavy atom. The van der Waals surface area contributed by atoms with E-state index < -0.39 is 0 Å². The highest BCUT2D eigenvalue weighted by atomic mass is 35.5. The molecule has 0 aliphatic carbocycles. The molecule has 3 rings (SSSR count). The normalized spacial score (nSPS) is 10.9. The number of hydrogen-bond donors (Lipinski definition) is 1. The predicted molar refractivity (Wildman–Crippen MR) is 91.7 cm³/mol. The molecule has 1 aromatic heterocycles. The lowest BCUT2D eigenvalue weighted by Crippen LogP contribution is -2.15. The fourth-order valence-electron chi connectivity index (χ4n) is 2.07. The van der Waals surface area contributed by atoms with Crippen molar-refractivity contribution in [1.29, 1.82) is 0 Å². The maximum atomic E-state index is 12.6. The second-order valence-corrected chi connectivity index (χ2v) is 6.70. The number of aromatic amines is 1. The molecule has 2 aromatic carbocycles. The third-order valence-corrected chi connectivity index (χ3v) is 4.78. The van der Waals surface area contributed by atoms with Crippen LogP contribution in [0.25, 0.3) is 5.69 Å². The van der Waals surface area contributed by atoms with Gasteiger partial charge in [0, 0.05) is 20.6 Å². The van der Waals surface area contributed by atoms with Crippen LogP contribution < -0.4 is 5.56 Å². The summed E-state index contributed by atoms with van der Waals surface area (Å²) in [5.41, 5.74) is 1.46. The summed E-state index contributed by atoms with van der Waals surface area (Å²) in [4.78, 5) is 14.2. The third-order valence-electron chi connectivity index (χ3n) is 3.12. The van der Waals surface area contributed by atoms with Gasteiger partial charge in [-0.25, -0.2) is 4.68 Å². The number of aryl methyl sites for hydroxylation is 1. The number of aromatic nitrogens is 2. The summed E-state index contributed by atoms with van der Waals surface area (Å²) in [6.07, 6.45) is 0. The first-order valence-corrected chi connectivity index (χ1v) is 8.13. The molecule has 0 bridgehead atoms. The number of H-pyrrole nitrogens is 1. The highest BCUT2D eigenvalue weighted by Gasteiger charge is 2.14. The first kappa shape index (κ1) is 15.3. The van der Waals surface area contributed by atoms with Gasteiger partial charge in [-0.05, 0) is 49.4 Å². The Labute approximate surface area is 141 Å². The van der Waals surface area contributed by atoms with Gasteiger partial charge in [-0.15, -0.1) is 0 Å². The lowest BCUT2D eigenvalue weighted by Gasteiger charge is -2.01. The van der Waals surface area contributed by atoms with Crippen LogP contribution in [-0.4, -0.2) is 9.78 Å². The van der Waals surface area contributed by atoms with E-state index in [4.69, 9.17) is 23.2 Å². The number of halogens is 2. The zero-order valence-electron chi connectivity index (χ0n) is 11.6. The summed E-state index contributed by atoms with van der Waals surface area (Å²) in [5, 5.41) is 4.37. The van der Waals surface area contributed by atoms with Crippen LogP contribution in [0.2, 0.25) is 10.0 Å². The molecule has 0 fully saturated rings. The zero-order valence-corrected chi connectivity index (χ0v) is 14.0. The predicted octanol–water partition coefficient (Wildman–Crippen LogP) is 4.93. The Bertz CT molecular complexity index is 869. The minimum Gasteiger partial charge on any atom is -0.294 e. The van der Waals surface area contributed by atoms with Crippen LogP contribution in [0.1, 0.15) is 5.69 Å². The number of nitrogens with one attached hydrogen (secondary N) is 1. The van der Waals surface area contributed by atoms with Crippen molar-refractivity contribution in [2.24, 2.45) is 0 Å². The van der Waals surface area contributed by atoms with Crippen molar-refractivity contribution in [1.82, 2.24) is 9.78 Å². The van der Waals surface area contributed by atoms with Gasteiger partial charge < -0.3 is 0 Å². The average molecular weight is 351 g/mol. The molecule has 0 aliphatic rings. The Morgan fingerprint density at radius 1 is 1.05 bits per heavy atom. The molecule has 0 amide bonds. The molecular formula is C16H12Cl2N2OS. The molecule has 0 aliphatic heterocycles. The molecule has 3 nitrogen and oxygen atoms in total. The van der Waals surface area contributed by atoms with Crippen LogP contribution in [0.5, 0.6) is 0 Å². The Morgan fingerprint density at radius 3 is 2.45 bits per heavy atom. The highest BCUT2D eigenvalue weighted by Crippen LogP contribution is 2.29. The van der Waals surface area contributed by atoms with Crippen LogP contribution in [0.4, 0.5) is 0 Å². The number of hydrogen-bond acceptors (Lipinski definition) is 2. The van der Waals surface area contributed by atoms with Crippen molar-refractivity contribution in [3.05, 3.63) is 74.6 Å². The number of rotatable bonds is 3. The van der Waals surface area contributed by atoms with E-state index in [0.29, 0.717) is 14.9 Å². The summed E-state index contributed by atoms with van der Waals surface area (Å²) < 4.78 is 1.51. The molecule has 0 radical (unpaired) electrons. The topological polar surface area (TPSA) is 37.8 Å². The summed E-state index contributed by atoms with van der Waals surface area (Å²) in [5.74, 6) is 0. The van der Waals surface area contributed by atoms with Gasteiger partial charge in [-0.2, -0.15) is 0 Å². The molecule has 0 unspecified atom stereocenters. The molecule has 0 saturated carbocycles. The quantitative estimate of drug-likeness (QED) is 0.726. The van der Waals surface area contributed by atoms with Crippen LogP contribution >= 0.6 is 35.0 Å². The van der Waals surface area contributed by atoms with Crippen molar-refractivity contribution < 1.29 is 0 Å². The molecule has 0 spiro atoms. The Hall–Kier alpha value is -1.62. The average Bonchev–Trinajstić information content (AvgIpc) is 2.76. The van der Waals surface area contributed by atoms with E-state index >= 15 is 0 Å². The molecule has 1 heterocycles. The second-order valence-electron chi connectivity index (χ2n) is 4.74. The van der Waals surface area contributed by atoms with Crippen LogP contribution in [0.3, 0.4) is 0 Å². The molecule has 22 heavy (non-hydrogen) atoms. The van der Waals surface area contributed by atoms with Crippen LogP contribution in [0.15, 0.2) is 63.1 Å². The van der Waals surface area contributed by atoms with E-state index in [-0.39, 0.29) is 5.56 Å². The summed E-state index contributed by atoms with van der Waals surface area (Å²) in [6.45, 7) is 1.88. The van der Waals surface area contributed by atoms with E-state index in [0.717, 1.165) is 16.3 Å². The number of nitrogens with zero attached hydrogens (tertiary/aromatic N) is 1. The van der Waals surface area contributed by atoms with Gasteiger partial charge in [0.2, 0.25) is 0 Å². The standard InChI is InChI=1S/C16H12Cl2N2OS/c1-10-15(22-14-4-2-3-12(18)9-14)16(21)20(19-10)13-7-5-11(17)6-8-13/h2-9,19H,1H3. The van der Waals surface area contributed by atoms with Gasteiger partial charge in [0.15, 0.2) is 0 Å². The van der Waals surface area contributed by atoms with Gasteiger partial charge in [0.25, 0.3) is 5.56 Å².